The Morgan fingerprint density at radius 3 is 3.00 bits per heavy atom. The number of halogens is 1. The van der Waals surface area contributed by atoms with Crippen LogP contribution >= 0.6 is 0 Å². The van der Waals surface area contributed by atoms with Gasteiger partial charge in [-0.15, -0.1) is 0 Å². The molecule has 0 radical (unpaired) electrons. The van der Waals surface area contributed by atoms with Crippen LogP contribution in [-0.4, -0.2) is 49.0 Å². The van der Waals surface area contributed by atoms with Crippen molar-refractivity contribution < 1.29 is 18.7 Å². The van der Waals surface area contributed by atoms with Gasteiger partial charge in [0.2, 0.25) is 11.8 Å². The minimum absolute atomic E-state index is 0.111. The van der Waals surface area contributed by atoms with Crippen LogP contribution in [0.4, 0.5) is 4.39 Å². The van der Waals surface area contributed by atoms with E-state index in [0.29, 0.717) is 25.4 Å². The van der Waals surface area contributed by atoms with E-state index >= 15 is 0 Å². The van der Waals surface area contributed by atoms with Gasteiger partial charge in [-0.25, -0.2) is 4.39 Å². The van der Waals surface area contributed by atoms with Crippen molar-refractivity contribution in [2.24, 2.45) is 5.73 Å². The number of primary amides is 1. The number of piperazine rings is 1. The summed E-state index contributed by atoms with van der Waals surface area (Å²) in [7, 11) is 0. The second-order valence-electron chi connectivity index (χ2n) is 4.77. The molecule has 0 bridgehead atoms. The largest absolute Gasteiger partial charge is 0.493 e. The van der Waals surface area contributed by atoms with E-state index in [4.69, 9.17) is 10.5 Å². The lowest BCUT2D eigenvalue weighted by atomic mass is 10.1. The zero-order valence-corrected chi connectivity index (χ0v) is 11.5. The number of carbonyl (C=O) groups excluding carboxylic acids is 2. The van der Waals surface area contributed by atoms with E-state index in [1.165, 1.54) is 23.1 Å². The molecule has 7 heteroatoms. The molecular formula is C14H18FN3O3. The monoisotopic (exact) mass is 295 g/mol. The van der Waals surface area contributed by atoms with E-state index in [9.17, 15) is 14.0 Å². The Bertz CT molecular complexity index is 524. The first-order valence-corrected chi connectivity index (χ1v) is 6.76. The van der Waals surface area contributed by atoms with Crippen molar-refractivity contribution in [3.63, 3.8) is 0 Å². The van der Waals surface area contributed by atoms with Gasteiger partial charge in [-0.05, 0) is 12.1 Å². The number of ether oxygens (including phenoxy) is 1. The zero-order chi connectivity index (χ0) is 15.2. The summed E-state index contributed by atoms with van der Waals surface area (Å²) in [5, 5.41) is 3.02. The molecule has 1 aromatic rings. The van der Waals surface area contributed by atoms with Crippen LogP contribution in [0, 0.1) is 5.82 Å². The normalized spacial score (nSPS) is 18.3. The molecule has 1 unspecified atom stereocenters. The highest BCUT2D eigenvalue weighted by atomic mass is 19.1. The molecule has 1 aliphatic rings. The molecule has 6 nitrogen and oxygen atoms in total. The van der Waals surface area contributed by atoms with Crippen molar-refractivity contribution in [3.05, 3.63) is 30.1 Å². The molecule has 3 N–H and O–H groups in total. The average molecular weight is 295 g/mol. The second-order valence-corrected chi connectivity index (χ2v) is 4.77. The Morgan fingerprint density at radius 1 is 1.48 bits per heavy atom. The lowest BCUT2D eigenvalue weighted by molar-refractivity contribution is -0.140. The topological polar surface area (TPSA) is 84.7 Å². The standard InChI is InChI=1S/C14H18FN3O3/c15-10-2-1-3-11(8-10)21-7-4-13(19)18-6-5-17-9-12(18)14(16)20/h1-3,8,12,17H,4-7,9H2,(H2,16,20). The number of benzene rings is 1. The number of nitrogens with two attached hydrogens (primary N) is 1. The highest BCUT2D eigenvalue weighted by Crippen LogP contribution is 2.13. The molecule has 2 amide bonds. The Labute approximate surface area is 122 Å². The van der Waals surface area contributed by atoms with E-state index in [1.54, 1.807) is 6.07 Å². The van der Waals surface area contributed by atoms with E-state index in [1.807, 2.05) is 0 Å². The zero-order valence-electron chi connectivity index (χ0n) is 11.5. The first-order chi connectivity index (χ1) is 10.1. The molecule has 1 aromatic carbocycles. The first-order valence-electron chi connectivity index (χ1n) is 6.76. The highest BCUT2D eigenvalue weighted by molar-refractivity contribution is 5.87. The molecule has 0 saturated carbocycles. The lowest BCUT2D eigenvalue weighted by Crippen LogP contribution is -2.58. The molecule has 1 saturated heterocycles. The van der Waals surface area contributed by atoms with Gasteiger partial charge in [-0.1, -0.05) is 6.07 Å². The Morgan fingerprint density at radius 2 is 2.29 bits per heavy atom. The minimum atomic E-state index is -0.625. The summed E-state index contributed by atoms with van der Waals surface area (Å²) in [6.45, 7) is 1.55. The van der Waals surface area contributed by atoms with E-state index in [2.05, 4.69) is 5.32 Å². The molecule has 2 rings (SSSR count). The molecule has 1 atom stereocenters. The summed E-state index contributed by atoms with van der Waals surface area (Å²) in [5.41, 5.74) is 5.29. The third-order valence-corrected chi connectivity index (χ3v) is 3.27. The maximum Gasteiger partial charge on any atom is 0.241 e. The molecule has 114 valence electrons. The summed E-state index contributed by atoms with van der Waals surface area (Å²) in [6.07, 6.45) is 0.111. The summed E-state index contributed by atoms with van der Waals surface area (Å²) in [6, 6.07) is 5.09. The van der Waals surface area contributed by atoms with Crippen LogP contribution in [0.15, 0.2) is 24.3 Å². The SMILES string of the molecule is NC(=O)C1CNCCN1C(=O)CCOc1cccc(F)c1. The van der Waals surface area contributed by atoms with Crippen LogP contribution in [0.25, 0.3) is 0 Å². The summed E-state index contributed by atoms with van der Waals surface area (Å²) in [5.74, 6) is -0.748. The van der Waals surface area contributed by atoms with Gasteiger partial charge in [0.15, 0.2) is 0 Å². The van der Waals surface area contributed by atoms with Crippen LogP contribution in [-0.2, 0) is 9.59 Å². The number of carbonyl (C=O) groups is 2. The molecule has 0 aliphatic carbocycles. The minimum Gasteiger partial charge on any atom is -0.493 e. The number of hydrogen-bond donors (Lipinski definition) is 2. The van der Waals surface area contributed by atoms with Crippen LogP contribution in [0.5, 0.6) is 5.75 Å². The fraction of sp³-hybridized carbons (Fsp3) is 0.429. The van der Waals surface area contributed by atoms with Crippen molar-refractivity contribution in [2.75, 3.05) is 26.2 Å². The molecule has 1 fully saturated rings. The molecule has 0 aromatic heterocycles. The van der Waals surface area contributed by atoms with E-state index in [-0.39, 0.29) is 18.9 Å². The number of nitrogens with zero attached hydrogens (tertiary/aromatic N) is 1. The predicted octanol–water partition coefficient (Wildman–Crippen LogP) is -0.120. The maximum absolute atomic E-state index is 13.0. The number of rotatable bonds is 5. The summed E-state index contributed by atoms with van der Waals surface area (Å²) in [4.78, 5) is 24.9. The Kier molecular flexibility index (Phi) is 5.10. The van der Waals surface area contributed by atoms with Crippen molar-refractivity contribution in [1.29, 1.82) is 0 Å². The average Bonchev–Trinajstić information content (AvgIpc) is 2.47. The van der Waals surface area contributed by atoms with Gasteiger partial charge in [-0.2, -0.15) is 0 Å². The predicted molar refractivity (Wildman–Crippen MR) is 74.1 cm³/mol. The Hall–Kier alpha value is -2.15. The van der Waals surface area contributed by atoms with Crippen LogP contribution < -0.4 is 15.8 Å². The van der Waals surface area contributed by atoms with Crippen LogP contribution in [0.1, 0.15) is 6.42 Å². The molecule has 1 aliphatic heterocycles. The van der Waals surface area contributed by atoms with Crippen molar-refractivity contribution in [3.8, 4) is 5.75 Å². The van der Waals surface area contributed by atoms with Gasteiger partial charge in [-0.3, -0.25) is 9.59 Å². The Balaban J connectivity index is 1.84. The smallest absolute Gasteiger partial charge is 0.241 e. The molecule has 21 heavy (non-hydrogen) atoms. The van der Waals surface area contributed by atoms with Crippen molar-refractivity contribution in [1.82, 2.24) is 10.2 Å². The van der Waals surface area contributed by atoms with E-state index in [0.717, 1.165) is 0 Å². The molecule has 1 heterocycles. The second kappa shape index (κ2) is 7.03. The van der Waals surface area contributed by atoms with Gasteiger partial charge >= 0.3 is 0 Å². The summed E-state index contributed by atoms with van der Waals surface area (Å²) >= 11 is 0. The van der Waals surface area contributed by atoms with E-state index < -0.39 is 17.8 Å². The van der Waals surface area contributed by atoms with Crippen molar-refractivity contribution >= 4 is 11.8 Å². The third-order valence-electron chi connectivity index (χ3n) is 3.27. The first kappa shape index (κ1) is 15.2. The fourth-order valence-corrected chi connectivity index (χ4v) is 2.21. The third kappa shape index (κ3) is 4.16. The number of amides is 2. The fourth-order valence-electron chi connectivity index (χ4n) is 2.21. The molecular weight excluding hydrogens is 277 g/mol. The lowest BCUT2D eigenvalue weighted by Gasteiger charge is -2.34. The highest BCUT2D eigenvalue weighted by Gasteiger charge is 2.30. The van der Waals surface area contributed by atoms with Crippen molar-refractivity contribution in [2.45, 2.75) is 12.5 Å². The van der Waals surface area contributed by atoms with Gasteiger partial charge in [0, 0.05) is 25.7 Å². The van der Waals surface area contributed by atoms with Crippen LogP contribution in [0.2, 0.25) is 0 Å². The maximum atomic E-state index is 13.0. The number of hydrogen-bond acceptors (Lipinski definition) is 4. The quantitative estimate of drug-likeness (QED) is 0.793. The van der Waals surface area contributed by atoms with Gasteiger partial charge in [0.05, 0.1) is 13.0 Å². The van der Waals surface area contributed by atoms with Gasteiger partial charge < -0.3 is 20.7 Å². The van der Waals surface area contributed by atoms with Gasteiger partial charge in [0.1, 0.15) is 17.6 Å². The van der Waals surface area contributed by atoms with Crippen LogP contribution in [0.3, 0.4) is 0 Å². The number of nitrogens with one attached hydrogen (secondary N) is 1. The van der Waals surface area contributed by atoms with Gasteiger partial charge in [0.25, 0.3) is 0 Å². The molecule has 0 spiro atoms. The summed E-state index contributed by atoms with van der Waals surface area (Å²) < 4.78 is 18.3.